The smallest absolute Gasteiger partial charge is 0.0487 e. The molecule has 0 unspecified atom stereocenters. The molecule has 0 saturated carbocycles. The van der Waals surface area contributed by atoms with Crippen molar-refractivity contribution < 1.29 is 5.11 Å². The molecular weight excluding hydrogens is 290 g/mol. The summed E-state index contributed by atoms with van der Waals surface area (Å²) >= 11 is 3.51. The van der Waals surface area contributed by atoms with E-state index in [1.165, 1.54) is 11.1 Å². The predicted molar refractivity (Wildman–Crippen MR) is 78.7 cm³/mol. The van der Waals surface area contributed by atoms with Gasteiger partial charge < -0.3 is 10.4 Å². The topological polar surface area (TPSA) is 32.3 Å². The molecule has 0 amide bonds. The van der Waals surface area contributed by atoms with E-state index in [1.54, 1.807) is 0 Å². The van der Waals surface area contributed by atoms with E-state index in [0.717, 1.165) is 16.7 Å². The maximum absolute atomic E-state index is 8.93. The third-order valence-corrected chi connectivity index (χ3v) is 3.44. The van der Waals surface area contributed by atoms with Crippen molar-refractivity contribution in [1.29, 1.82) is 0 Å². The molecule has 0 radical (unpaired) electrons. The number of benzene rings is 2. The average molecular weight is 306 g/mol. The maximum atomic E-state index is 8.93. The molecule has 0 aliphatic carbocycles. The lowest BCUT2D eigenvalue weighted by atomic mass is 10.1. The highest BCUT2D eigenvalue weighted by molar-refractivity contribution is 9.10. The van der Waals surface area contributed by atoms with Gasteiger partial charge in [0.05, 0.1) is 0 Å². The van der Waals surface area contributed by atoms with Crippen LogP contribution in [0.1, 0.15) is 11.1 Å². The Labute approximate surface area is 116 Å². The van der Waals surface area contributed by atoms with E-state index in [4.69, 9.17) is 5.11 Å². The first-order chi connectivity index (χ1) is 8.79. The van der Waals surface area contributed by atoms with Crippen molar-refractivity contribution in [3.05, 3.63) is 64.1 Å². The van der Waals surface area contributed by atoms with Gasteiger partial charge in [0.25, 0.3) is 0 Å². The number of aliphatic hydroxyl groups excluding tert-OH is 1. The van der Waals surface area contributed by atoms with Gasteiger partial charge in [-0.1, -0.05) is 36.4 Å². The molecule has 2 aromatic carbocycles. The molecule has 0 aromatic heterocycles. The fourth-order valence-corrected chi connectivity index (χ4v) is 2.25. The number of aliphatic hydroxyl groups is 1. The van der Waals surface area contributed by atoms with Gasteiger partial charge in [0, 0.05) is 23.3 Å². The Morgan fingerprint density at radius 1 is 1.00 bits per heavy atom. The second-order valence-corrected chi connectivity index (χ2v) is 4.98. The third-order valence-electron chi connectivity index (χ3n) is 2.75. The van der Waals surface area contributed by atoms with E-state index < -0.39 is 0 Å². The molecule has 0 saturated heterocycles. The van der Waals surface area contributed by atoms with E-state index in [2.05, 4.69) is 33.4 Å². The van der Waals surface area contributed by atoms with Crippen LogP contribution in [-0.4, -0.2) is 11.7 Å². The summed E-state index contributed by atoms with van der Waals surface area (Å²) in [5.74, 6) is 0. The van der Waals surface area contributed by atoms with Gasteiger partial charge in [0.2, 0.25) is 0 Å². The number of hydrogen-bond donors (Lipinski definition) is 2. The number of rotatable bonds is 5. The van der Waals surface area contributed by atoms with Crippen LogP contribution >= 0.6 is 15.9 Å². The van der Waals surface area contributed by atoms with Gasteiger partial charge in [-0.15, -0.1) is 0 Å². The van der Waals surface area contributed by atoms with Crippen LogP contribution in [0.4, 0.5) is 5.69 Å². The highest BCUT2D eigenvalue weighted by Crippen LogP contribution is 2.21. The zero-order valence-corrected chi connectivity index (χ0v) is 11.7. The van der Waals surface area contributed by atoms with E-state index >= 15 is 0 Å². The van der Waals surface area contributed by atoms with Gasteiger partial charge in [0.1, 0.15) is 0 Å². The Bertz CT molecular complexity index is 513. The van der Waals surface area contributed by atoms with Crippen LogP contribution < -0.4 is 5.32 Å². The first-order valence-corrected chi connectivity index (χ1v) is 6.76. The van der Waals surface area contributed by atoms with Crippen LogP contribution in [0.2, 0.25) is 0 Å². The van der Waals surface area contributed by atoms with E-state index in [-0.39, 0.29) is 6.61 Å². The van der Waals surface area contributed by atoms with Crippen LogP contribution in [0.5, 0.6) is 0 Å². The van der Waals surface area contributed by atoms with Crippen LogP contribution in [0.25, 0.3) is 0 Å². The largest absolute Gasteiger partial charge is 0.396 e. The Kier molecular flexibility index (Phi) is 4.79. The first kappa shape index (κ1) is 13.1. The molecule has 0 spiro atoms. The number of nitrogens with one attached hydrogen (secondary N) is 1. The molecule has 0 bridgehead atoms. The summed E-state index contributed by atoms with van der Waals surface area (Å²) in [7, 11) is 0. The molecule has 0 atom stereocenters. The molecule has 2 rings (SSSR count). The summed E-state index contributed by atoms with van der Waals surface area (Å²) in [6.07, 6.45) is 0.711. The summed E-state index contributed by atoms with van der Waals surface area (Å²) in [4.78, 5) is 0. The van der Waals surface area contributed by atoms with Crippen LogP contribution in [0.15, 0.2) is 53.0 Å². The Morgan fingerprint density at radius 2 is 1.78 bits per heavy atom. The molecule has 2 aromatic rings. The number of anilines is 1. The highest BCUT2D eigenvalue weighted by Gasteiger charge is 1.99. The molecule has 0 aliphatic rings. The first-order valence-electron chi connectivity index (χ1n) is 5.96. The van der Waals surface area contributed by atoms with Crippen LogP contribution in [-0.2, 0) is 13.0 Å². The second-order valence-electron chi connectivity index (χ2n) is 4.13. The quantitative estimate of drug-likeness (QED) is 0.884. The minimum Gasteiger partial charge on any atom is -0.396 e. The van der Waals surface area contributed by atoms with Gasteiger partial charge >= 0.3 is 0 Å². The number of halogens is 1. The molecule has 2 N–H and O–H groups in total. The normalized spacial score (nSPS) is 10.3. The van der Waals surface area contributed by atoms with E-state index in [0.29, 0.717) is 6.42 Å². The molecule has 94 valence electrons. The van der Waals surface area contributed by atoms with Crippen molar-refractivity contribution >= 4 is 21.6 Å². The lowest BCUT2D eigenvalue weighted by molar-refractivity contribution is 0.299. The SMILES string of the molecule is OCCc1cccc(CNc2ccccc2Br)c1. The Hall–Kier alpha value is -1.32. The second kappa shape index (κ2) is 6.57. The minimum absolute atomic E-state index is 0.196. The van der Waals surface area contributed by atoms with Gasteiger partial charge in [-0.3, -0.25) is 0 Å². The average Bonchev–Trinajstić information content (AvgIpc) is 2.39. The predicted octanol–water partition coefficient (Wildman–Crippen LogP) is 3.60. The van der Waals surface area contributed by atoms with Crippen molar-refractivity contribution in [3.8, 4) is 0 Å². The van der Waals surface area contributed by atoms with Gasteiger partial charge in [-0.05, 0) is 45.6 Å². The zero-order valence-electron chi connectivity index (χ0n) is 10.1. The molecule has 0 heterocycles. The summed E-state index contributed by atoms with van der Waals surface area (Å²) in [5.41, 5.74) is 3.48. The van der Waals surface area contributed by atoms with Gasteiger partial charge in [-0.2, -0.15) is 0 Å². The monoisotopic (exact) mass is 305 g/mol. The van der Waals surface area contributed by atoms with Crippen molar-refractivity contribution in [2.24, 2.45) is 0 Å². The summed E-state index contributed by atoms with van der Waals surface area (Å²) < 4.78 is 1.07. The highest BCUT2D eigenvalue weighted by atomic mass is 79.9. The van der Waals surface area contributed by atoms with E-state index in [9.17, 15) is 0 Å². The Morgan fingerprint density at radius 3 is 2.56 bits per heavy atom. The summed E-state index contributed by atoms with van der Waals surface area (Å²) in [6.45, 7) is 0.975. The summed E-state index contributed by atoms with van der Waals surface area (Å²) in [5, 5.41) is 12.3. The van der Waals surface area contributed by atoms with Gasteiger partial charge in [0.15, 0.2) is 0 Å². The summed E-state index contributed by atoms with van der Waals surface area (Å²) in [6, 6.07) is 16.4. The van der Waals surface area contributed by atoms with Crippen molar-refractivity contribution in [3.63, 3.8) is 0 Å². The zero-order chi connectivity index (χ0) is 12.8. The van der Waals surface area contributed by atoms with Crippen LogP contribution in [0, 0.1) is 0 Å². The van der Waals surface area contributed by atoms with Crippen molar-refractivity contribution in [1.82, 2.24) is 0 Å². The van der Waals surface area contributed by atoms with Crippen molar-refractivity contribution in [2.75, 3.05) is 11.9 Å². The van der Waals surface area contributed by atoms with E-state index in [1.807, 2.05) is 36.4 Å². The molecule has 18 heavy (non-hydrogen) atoms. The fraction of sp³-hybridized carbons (Fsp3) is 0.200. The standard InChI is InChI=1S/C15H16BrNO/c16-14-6-1-2-7-15(14)17-11-13-5-3-4-12(10-13)8-9-18/h1-7,10,17-18H,8-9,11H2. The maximum Gasteiger partial charge on any atom is 0.0487 e. The fourth-order valence-electron chi connectivity index (χ4n) is 1.83. The lowest BCUT2D eigenvalue weighted by Gasteiger charge is -2.09. The molecule has 3 heteroatoms. The van der Waals surface area contributed by atoms with Crippen molar-refractivity contribution in [2.45, 2.75) is 13.0 Å². The molecule has 0 aliphatic heterocycles. The Balaban J connectivity index is 2.02. The third kappa shape index (κ3) is 3.59. The number of hydrogen-bond acceptors (Lipinski definition) is 2. The molecule has 0 fully saturated rings. The van der Waals surface area contributed by atoms with Crippen LogP contribution in [0.3, 0.4) is 0 Å². The minimum atomic E-state index is 0.196. The van der Waals surface area contributed by atoms with Gasteiger partial charge in [-0.25, -0.2) is 0 Å². The molecule has 2 nitrogen and oxygen atoms in total. The molecular formula is C15H16BrNO. The lowest BCUT2D eigenvalue weighted by Crippen LogP contribution is -2.01. The number of para-hydroxylation sites is 1.